The number of nitrogens with zero attached hydrogens (tertiary/aromatic N) is 2. The Kier molecular flexibility index (Phi) is 5.00. The number of hydrogen-bond acceptors (Lipinski definition) is 3. The maximum absolute atomic E-state index is 13.3. The van der Waals surface area contributed by atoms with Gasteiger partial charge in [0.15, 0.2) is 0 Å². The van der Waals surface area contributed by atoms with Crippen LogP contribution < -0.4 is 0 Å². The highest BCUT2D eigenvalue weighted by Gasteiger charge is 2.40. The third-order valence-electron chi connectivity index (χ3n) is 5.93. The number of carbonyl (C=O) groups excluding carboxylic acids is 2. The Bertz CT molecular complexity index is 726. The molecule has 0 spiro atoms. The fourth-order valence-electron chi connectivity index (χ4n) is 4.11. The van der Waals surface area contributed by atoms with Gasteiger partial charge in [-0.25, -0.2) is 0 Å². The number of aromatic hydroxyl groups is 1. The largest absolute Gasteiger partial charge is 0.507 e. The molecule has 0 aliphatic carbocycles. The van der Waals surface area contributed by atoms with Gasteiger partial charge in [-0.3, -0.25) is 9.59 Å². The van der Waals surface area contributed by atoms with Crippen LogP contribution in [0.2, 0.25) is 0 Å². The normalized spacial score (nSPS) is 23.1. The number of amides is 2. The molecule has 3 saturated heterocycles. The molecule has 3 fully saturated rings. The zero-order chi connectivity index (χ0) is 19.2. The number of phenols is 1. The van der Waals surface area contributed by atoms with Crippen molar-refractivity contribution in [2.45, 2.75) is 58.4 Å². The summed E-state index contributed by atoms with van der Waals surface area (Å²) in [7, 11) is 1.83. The topological polar surface area (TPSA) is 60.9 Å². The Balaban J connectivity index is 1.98. The lowest BCUT2D eigenvalue weighted by atomic mass is 9.91. The summed E-state index contributed by atoms with van der Waals surface area (Å²) in [4.78, 5) is 29.3. The SMILES string of the molecule is CC(C)c1cc(C(=O)N2C[C@@H]3CC[C@H](C2)N(C)C3=O)c(O)c(C(C)C)c1. The molecule has 1 N–H and O–H groups in total. The number of piperidine rings is 1. The van der Waals surface area contributed by atoms with E-state index in [0.29, 0.717) is 18.7 Å². The van der Waals surface area contributed by atoms with E-state index in [1.165, 1.54) is 0 Å². The van der Waals surface area contributed by atoms with Crippen molar-refractivity contribution in [2.24, 2.45) is 5.92 Å². The van der Waals surface area contributed by atoms with Gasteiger partial charge in [0, 0.05) is 26.2 Å². The first kappa shape index (κ1) is 18.7. The lowest BCUT2D eigenvalue weighted by molar-refractivity contribution is -0.138. The van der Waals surface area contributed by atoms with Crippen LogP contribution in [0.15, 0.2) is 12.1 Å². The zero-order valence-electron chi connectivity index (χ0n) is 16.5. The number of fused-ring (bicyclic) bond motifs is 4. The molecule has 0 unspecified atom stereocenters. The van der Waals surface area contributed by atoms with Gasteiger partial charge in [-0.2, -0.15) is 0 Å². The first-order valence-corrected chi connectivity index (χ1v) is 9.63. The molecular formula is C21H30N2O3. The van der Waals surface area contributed by atoms with Crippen LogP contribution in [0.3, 0.4) is 0 Å². The predicted octanol–water partition coefficient (Wildman–Crippen LogP) is 3.33. The Morgan fingerprint density at radius 2 is 1.81 bits per heavy atom. The average Bonchev–Trinajstić information content (AvgIpc) is 2.87. The van der Waals surface area contributed by atoms with Crippen molar-refractivity contribution in [3.63, 3.8) is 0 Å². The van der Waals surface area contributed by atoms with Gasteiger partial charge in [-0.1, -0.05) is 33.8 Å². The molecule has 3 heterocycles. The second kappa shape index (κ2) is 6.93. The number of likely N-dealkylation sites (N-methyl/N-ethyl adjacent to an activating group) is 1. The molecule has 142 valence electrons. The van der Waals surface area contributed by atoms with Crippen molar-refractivity contribution >= 4 is 11.8 Å². The molecule has 1 aromatic carbocycles. The number of rotatable bonds is 3. The molecule has 2 amide bonds. The molecule has 3 aliphatic heterocycles. The van der Waals surface area contributed by atoms with Crippen molar-refractivity contribution in [1.29, 1.82) is 0 Å². The maximum Gasteiger partial charge on any atom is 0.257 e. The summed E-state index contributed by atoms with van der Waals surface area (Å²) in [5, 5.41) is 10.8. The van der Waals surface area contributed by atoms with Gasteiger partial charge in [0.05, 0.1) is 11.5 Å². The Hall–Kier alpha value is -2.04. The minimum atomic E-state index is -0.160. The van der Waals surface area contributed by atoms with Gasteiger partial charge in [-0.05, 0) is 41.9 Å². The maximum atomic E-state index is 13.3. The van der Waals surface area contributed by atoms with E-state index in [2.05, 4.69) is 13.8 Å². The molecule has 2 atom stereocenters. The number of carbonyl (C=O) groups is 2. The van der Waals surface area contributed by atoms with E-state index < -0.39 is 0 Å². The highest BCUT2D eigenvalue weighted by molar-refractivity contribution is 5.98. The van der Waals surface area contributed by atoms with Crippen LogP contribution in [-0.4, -0.2) is 52.9 Å². The number of phenolic OH excluding ortho intramolecular Hbond substituents is 1. The van der Waals surface area contributed by atoms with Crippen LogP contribution in [0.25, 0.3) is 0 Å². The van der Waals surface area contributed by atoms with E-state index in [9.17, 15) is 14.7 Å². The molecule has 5 nitrogen and oxygen atoms in total. The van der Waals surface area contributed by atoms with Crippen LogP contribution in [-0.2, 0) is 4.79 Å². The third kappa shape index (κ3) is 3.19. The van der Waals surface area contributed by atoms with Gasteiger partial charge in [-0.15, -0.1) is 0 Å². The Morgan fingerprint density at radius 1 is 1.12 bits per heavy atom. The minimum Gasteiger partial charge on any atom is -0.507 e. The fraction of sp³-hybridized carbons (Fsp3) is 0.619. The summed E-state index contributed by atoms with van der Waals surface area (Å²) in [6, 6.07) is 3.91. The number of hydrogen-bond donors (Lipinski definition) is 1. The van der Waals surface area contributed by atoms with Crippen molar-refractivity contribution in [3.8, 4) is 5.75 Å². The Labute approximate surface area is 156 Å². The standard InChI is InChI=1S/C21H30N2O3/c1-12(2)15-8-17(13(3)4)19(24)18(9-15)21(26)23-10-14-6-7-16(11-23)22(5)20(14)25/h8-9,12-14,16,24H,6-7,10-11H2,1-5H3/t14-,16+/m0/s1. The molecule has 3 aliphatic rings. The molecule has 0 aromatic heterocycles. The Morgan fingerprint density at radius 3 is 2.42 bits per heavy atom. The summed E-state index contributed by atoms with van der Waals surface area (Å²) < 4.78 is 0. The average molecular weight is 358 g/mol. The van der Waals surface area contributed by atoms with Gasteiger partial charge < -0.3 is 14.9 Å². The smallest absolute Gasteiger partial charge is 0.257 e. The summed E-state index contributed by atoms with van der Waals surface area (Å²) in [5.74, 6) is 0.348. The van der Waals surface area contributed by atoms with Gasteiger partial charge in [0.2, 0.25) is 5.91 Å². The molecule has 0 saturated carbocycles. The van der Waals surface area contributed by atoms with Crippen LogP contribution in [0, 0.1) is 5.92 Å². The lowest BCUT2D eigenvalue weighted by Gasteiger charge is -2.32. The van der Waals surface area contributed by atoms with Crippen LogP contribution in [0.4, 0.5) is 0 Å². The highest BCUT2D eigenvalue weighted by Crippen LogP contribution is 2.35. The molecule has 1 aromatic rings. The van der Waals surface area contributed by atoms with E-state index in [0.717, 1.165) is 24.0 Å². The van der Waals surface area contributed by atoms with Crippen molar-refractivity contribution in [3.05, 3.63) is 28.8 Å². The van der Waals surface area contributed by atoms with Crippen LogP contribution in [0.5, 0.6) is 5.75 Å². The van der Waals surface area contributed by atoms with Gasteiger partial charge >= 0.3 is 0 Å². The lowest BCUT2D eigenvalue weighted by Crippen LogP contribution is -2.45. The first-order chi connectivity index (χ1) is 12.2. The van der Waals surface area contributed by atoms with E-state index >= 15 is 0 Å². The van der Waals surface area contributed by atoms with Gasteiger partial charge in [0.1, 0.15) is 5.75 Å². The summed E-state index contributed by atoms with van der Waals surface area (Å²) >= 11 is 0. The van der Waals surface area contributed by atoms with Crippen LogP contribution in [0.1, 0.15) is 73.9 Å². The highest BCUT2D eigenvalue weighted by atomic mass is 16.3. The second-order valence-electron chi connectivity index (χ2n) is 8.40. The van der Waals surface area contributed by atoms with E-state index in [4.69, 9.17) is 0 Å². The quantitative estimate of drug-likeness (QED) is 0.901. The van der Waals surface area contributed by atoms with Crippen LogP contribution >= 0.6 is 0 Å². The molecule has 2 bridgehead atoms. The molecular weight excluding hydrogens is 328 g/mol. The first-order valence-electron chi connectivity index (χ1n) is 9.63. The molecule has 5 heteroatoms. The molecule has 0 radical (unpaired) electrons. The van der Waals surface area contributed by atoms with Crippen molar-refractivity contribution in [2.75, 3.05) is 20.1 Å². The third-order valence-corrected chi connectivity index (χ3v) is 5.93. The zero-order valence-corrected chi connectivity index (χ0v) is 16.5. The predicted molar refractivity (Wildman–Crippen MR) is 101 cm³/mol. The summed E-state index contributed by atoms with van der Waals surface area (Å²) in [6.07, 6.45) is 1.78. The van der Waals surface area contributed by atoms with E-state index in [1.807, 2.05) is 33.0 Å². The fourth-order valence-corrected chi connectivity index (χ4v) is 4.11. The van der Waals surface area contributed by atoms with Crippen molar-refractivity contribution in [1.82, 2.24) is 9.80 Å². The van der Waals surface area contributed by atoms with E-state index in [1.54, 1.807) is 9.80 Å². The molecule has 26 heavy (non-hydrogen) atoms. The van der Waals surface area contributed by atoms with Gasteiger partial charge in [0.25, 0.3) is 5.91 Å². The monoisotopic (exact) mass is 358 g/mol. The molecule has 4 rings (SSSR count). The van der Waals surface area contributed by atoms with E-state index in [-0.39, 0.29) is 41.4 Å². The number of benzene rings is 1. The summed E-state index contributed by atoms with van der Waals surface area (Å²) in [5.41, 5.74) is 2.24. The second-order valence-corrected chi connectivity index (χ2v) is 8.40. The minimum absolute atomic E-state index is 0.0743. The summed E-state index contributed by atoms with van der Waals surface area (Å²) in [6.45, 7) is 9.20. The van der Waals surface area contributed by atoms with Crippen molar-refractivity contribution < 1.29 is 14.7 Å².